The maximum absolute atomic E-state index is 5.24. The first kappa shape index (κ1) is 10.6. The van der Waals surface area contributed by atoms with E-state index in [9.17, 15) is 0 Å². The van der Waals surface area contributed by atoms with E-state index >= 15 is 0 Å². The maximum atomic E-state index is 5.24. The molecule has 0 aromatic carbocycles. The van der Waals surface area contributed by atoms with Crippen LogP contribution in [0.5, 0.6) is 0 Å². The van der Waals surface area contributed by atoms with Crippen LogP contribution in [0.25, 0.3) is 0 Å². The Morgan fingerprint density at radius 2 is 2.50 bits per heavy atom. The van der Waals surface area contributed by atoms with E-state index in [1.165, 1.54) is 0 Å². The molecule has 0 radical (unpaired) electrons. The monoisotopic (exact) mass is 211 g/mol. The van der Waals surface area contributed by atoms with Gasteiger partial charge in [-0.2, -0.15) is 10.2 Å². The summed E-state index contributed by atoms with van der Waals surface area (Å²) in [6.07, 6.45) is 3.67. The summed E-state index contributed by atoms with van der Waals surface area (Å²) >= 11 is 4.63. The number of nitrogens with two attached hydrogens (primary N) is 1. The molecule has 3 N–H and O–H groups in total. The number of aryl methyl sites for hydroxylation is 1. The zero-order valence-corrected chi connectivity index (χ0v) is 9.01. The molecule has 0 spiro atoms. The molecule has 0 saturated carbocycles. The van der Waals surface area contributed by atoms with Gasteiger partial charge < -0.3 is 5.73 Å². The first-order valence-electron chi connectivity index (χ1n) is 4.26. The summed E-state index contributed by atoms with van der Waals surface area (Å²) < 4.78 is 1.83. The average molecular weight is 211 g/mol. The number of nitrogens with one attached hydrogen (secondary N) is 1. The van der Waals surface area contributed by atoms with Gasteiger partial charge in [-0.1, -0.05) is 0 Å². The Morgan fingerprint density at radius 3 is 3.00 bits per heavy atom. The maximum Gasteiger partial charge on any atom is 0.184 e. The van der Waals surface area contributed by atoms with Crippen LogP contribution in [0.3, 0.4) is 0 Å². The number of hydrogen-bond acceptors (Lipinski definition) is 3. The van der Waals surface area contributed by atoms with Gasteiger partial charge in [-0.3, -0.25) is 10.1 Å². The Hall–Kier alpha value is -1.43. The lowest BCUT2D eigenvalue weighted by molar-refractivity contribution is 0.660. The van der Waals surface area contributed by atoms with Crippen molar-refractivity contribution >= 4 is 23.0 Å². The minimum Gasteiger partial charge on any atom is -0.375 e. The Labute approximate surface area is 88.0 Å². The van der Waals surface area contributed by atoms with Crippen molar-refractivity contribution in [2.24, 2.45) is 10.8 Å². The van der Waals surface area contributed by atoms with E-state index in [0.29, 0.717) is 0 Å². The summed E-state index contributed by atoms with van der Waals surface area (Å²) in [6, 6.07) is 0. The molecular weight excluding hydrogens is 198 g/mol. The molecular formula is C8H13N5S. The van der Waals surface area contributed by atoms with Crippen molar-refractivity contribution in [3.05, 3.63) is 18.0 Å². The predicted octanol–water partition coefficient (Wildman–Crippen LogP) is 0.460. The van der Waals surface area contributed by atoms with Gasteiger partial charge >= 0.3 is 0 Å². The minimum absolute atomic E-state index is 0.159. The summed E-state index contributed by atoms with van der Waals surface area (Å²) in [4.78, 5) is 0. The normalized spacial score (nSPS) is 11.4. The second kappa shape index (κ2) is 4.71. The summed E-state index contributed by atoms with van der Waals surface area (Å²) in [5, 5.41) is 8.27. The number of rotatable bonds is 3. The summed E-state index contributed by atoms with van der Waals surface area (Å²) in [5.41, 5.74) is 9.53. The predicted molar refractivity (Wildman–Crippen MR) is 60.0 cm³/mol. The van der Waals surface area contributed by atoms with Crippen LogP contribution in [0, 0.1) is 0 Å². The number of aromatic nitrogens is 2. The SMILES string of the molecule is CCn1cc(C(C)=NNC(N)=S)cn1. The third kappa shape index (κ3) is 2.81. The van der Waals surface area contributed by atoms with E-state index in [1.54, 1.807) is 6.20 Å². The minimum atomic E-state index is 0.159. The molecule has 1 aromatic rings. The molecule has 1 rings (SSSR count). The van der Waals surface area contributed by atoms with Crippen molar-refractivity contribution in [1.29, 1.82) is 0 Å². The van der Waals surface area contributed by atoms with E-state index in [4.69, 9.17) is 5.73 Å². The average Bonchev–Trinajstić information content (AvgIpc) is 2.62. The molecule has 6 heteroatoms. The van der Waals surface area contributed by atoms with Crippen molar-refractivity contribution in [3.63, 3.8) is 0 Å². The number of nitrogens with zero attached hydrogens (tertiary/aromatic N) is 3. The molecule has 5 nitrogen and oxygen atoms in total. The quantitative estimate of drug-likeness (QED) is 0.433. The van der Waals surface area contributed by atoms with Crippen LogP contribution in [0.15, 0.2) is 17.5 Å². The third-order valence-electron chi connectivity index (χ3n) is 1.71. The Balaban J connectivity index is 2.73. The highest BCUT2D eigenvalue weighted by Crippen LogP contribution is 1.99. The zero-order valence-electron chi connectivity index (χ0n) is 8.19. The molecule has 0 saturated heterocycles. The van der Waals surface area contributed by atoms with E-state index in [-0.39, 0.29) is 5.11 Å². The van der Waals surface area contributed by atoms with Crippen molar-refractivity contribution < 1.29 is 0 Å². The van der Waals surface area contributed by atoms with Gasteiger partial charge in [0.1, 0.15) is 0 Å². The van der Waals surface area contributed by atoms with Gasteiger partial charge in [0.15, 0.2) is 5.11 Å². The Morgan fingerprint density at radius 1 is 1.79 bits per heavy atom. The highest BCUT2D eigenvalue weighted by Gasteiger charge is 2.00. The molecule has 0 atom stereocenters. The molecule has 0 aliphatic carbocycles. The van der Waals surface area contributed by atoms with Gasteiger partial charge in [0, 0.05) is 18.3 Å². The lowest BCUT2D eigenvalue weighted by atomic mass is 10.2. The number of thiocarbonyl (C=S) groups is 1. The first-order valence-corrected chi connectivity index (χ1v) is 4.67. The first-order chi connectivity index (χ1) is 6.63. The fourth-order valence-electron chi connectivity index (χ4n) is 0.927. The fourth-order valence-corrected chi connectivity index (χ4v) is 0.972. The highest BCUT2D eigenvalue weighted by molar-refractivity contribution is 7.80. The van der Waals surface area contributed by atoms with Gasteiger partial charge in [-0.25, -0.2) is 0 Å². The van der Waals surface area contributed by atoms with Crippen LogP contribution in [0.4, 0.5) is 0 Å². The molecule has 0 unspecified atom stereocenters. The summed E-state index contributed by atoms with van der Waals surface area (Å²) in [6.45, 7) is 4.73. The van der Waals surface area contributed by atoms with Gasteiger partial charge in [0.05, 0.1) is 11.9 Å². The molecule has 1 heterocycles. The van der Waals surface area contributed by atoms with Crippen LogP contribution in [-0.4, -0.2) is 20.6 Å². The lowest BCUT2D eigenvalue weighted by Crippen LogP contribution is -2.25. The molecule has 0 amide bonds. The Bertz CT molecular complexity index is 354. The van der Waals surface area contributed by atoms with Gasteiger partial charge in [-0.15, -0.1) is 0 Å². The second-order valence-corrected chi connectivity index (χ2v) is 3.20. The molecule has 0 bridgehead atoms. The van der Waals surface area contributed by atoms with Crippen molar-refractivity contribution in [3.8, 4) is 0 Å². The second-order valence-electron chi connectivity index (χ2n) is 2.76. The van der Waals surface area contributed by atoms with Crippen LogP contribution in [-0.2, 0) is 6.54 Å². The van der Waals surface area contributed by atoms with Gasteiger partial charge in [-0.05, 0) is 26.1 Å². The largest absolute Gasteiger partial charge is 0.375 e. The molecule has 0 aliphatic heterocycles. The summed E-state index contributed by atoms with van der Waals surface area (Å²) in [7, 11) is 0. The van der Waals surface area contributed by atoms with Crippen LogP contribution >= 0.6 is 12.2 Å². The van der Waals surface area contributed by atoms with E-state index in [1.807, 2.05) is 24.7 Å². The molecule has 1 aromatic heterocycles. The van der Waals surface area contributed by atoms with Crippen LogP contribution in [0.1, 0.15) is 19.4 Å². The molecule has 76 valence electrons. The van der Waals surface area contributed by atoms with E-state index in [2.05, 4.69) is 27.8 Å². The van der Waals surface area contributed by atoms with Crippen LogP contribution in [0.2, 0.25) is 0 Å². The highest BCUT2D eigenvalue weighted by atomic mass is 32.1. The molecule has 14 heavy (non-hydrogen) atoms. The van der Waals surface area contributed by atoms with E-state index < -0.39 is 0 Å². The zero-order chi connectivity index (χ0) is 10.6. The smallest absolute Gasteiger partial charge is 0.184 e. The Kier molecular flexibility index (Phi) is 3.58. The third-order valence-corrected chi connectivity index (χ3v) is 1.80. The topological polar surface area (TPSA) is 68.2 Å². The number of hydrogen-bond donors (Lipinski definition) is 2. The standard InChI is InChI=1S/C8H13N5S/c1-3-13-5-7(4-10-13)6(2)11-12-8(9)14/h4-5H,3H2,1-2H3,(H3,9,12,14). The van der Waals surface area contributed by atoms with Crippen molar-refractivity contribution in [1.82, 2.24) is 15.2 Å². The fraction of sp³-hybridized carbons (Fsp3) is 0.375. The van der Waals surface area contributed by atoms with Gasteiger partial charge in [0.25, 0.3) is 0 Å². The molecule has 0 aliphatic rings. The van der Waals surface area contributed by atoms with Crippen molar-refractivity contribution in [2.45, 2.75) is 20.4 Å². The molecule has 0 fully saturated rings. The van der Waals surface area contributed by atoms with Crippen LogP contribution < -0.4 is 11.2 Å². The lowest BCUT2D eigenvalue weighted by Gasteiger charge is -1.97. The van der Waals surface area contributed by atoms with Gasteiger partial charge in [0.2, 0.25) is 0 Å². The van der Waals surface area contributed by atoms with E-state index in [0.717, 1.165) is 17.8 Å². The number of hydrazone groups is 1. The van der Waals surface area contributed by atoms with Crippen molar-refractivity contribution in [2.75, 3.05) is 0 Å². The summed E-state index contributed by atoms with van der Waals surface area (Å²) in [5.74, 6) is 0.